The molecule has 2 unspecified atom stereocenters. The van der Waals surface area contributed by atoms with Gasteiger partial charge in [-0.05, 0) is 0 Å². The zero-order chi connectivity index (χ0) is 21.1. The van der Waals surface area contributed by atoms with E-state index in [1.54, 1.807) is 0 Å². The standard InChI is InChI=1S/C8HF15O2/c9-2(1(24)25,5(12,13)14)3(10,6(15,16)17)4(11,7(18,19)20)8(21,22)23/h(H,24,25)/p-1. The molecule has 0 bridgehead atoms. The molecule has 0 spiro atoms. The van der Waals surface area contributed by atoms with Gasteiger partial charge in [-0.25, -0.2) is 13.2 Å². The van der Waals surface area contributed by atoms with Gasteiger partial charge in [0.05, 0.1) is 5.97 Å². The van der Waals surface area contributed by atoms with Crippen molar-refractivity contribution in [2.75, 3.05) is 0 Å². The van der Waals surface area contributed by atoms with Gasteiger partial charge in [-0.1, -0.05) is 0 Å². The van der Waals surface area contributed by atoms with Gasteiger partial charge in [-0.2, -0.15) is 52.7 Å². The van der Waals surface area contributed by atoms with Crippen LogP contribution in [0.2, 0.25) is 0 Å². The number of halogens is 15. The van der Waals surface area contributed by atoms with Crippen molar-refractivity contribution in [1.29, 1.82) is 0 Å². The maximum atomic E-state index is 13.7. The smallest absolute Gasteiger partial charge is 0.435 e. The molecule has 0 amide bonds. The molecule has 0 rings (SSSR count). The van der Waals surface area contributed by atoms with Crippen LogP contribution in [0.4, 0.5) is 65.9 Å². The number of hydrogen-bond acceptors (Lipinski definition) is 2. The Labute approximate surface area is 125 Å². The van der Waals surface area contributed by atoms with Crippen LogP contribution in [0.5, 0.6) is 0 Å². The Morgan fingerprint density at radius 1 is 0.480 bits per heavy atom. The van der Waals surface area contributed by atoms with Crippen molar-refractivity contribution in [3.05, 3.63) is 0 Å². The van der Waals surface area contributed by atoms with Crippen LogP contribution in [0.1, 0.15) is 0 Å². The molecule has 17 heteroatoms. The van der Waals surface area contributed by atoms with E-state index < -0.39 is 47.7 Å². The van der Waals surface area contributed by atoms with Gasteiger partial charge in [0.25, 0.3) is 5.67 Å². The topological polar surface area (TPSA) is 40.1 Å². The van der Waals surface area contributed by atoms with Crippen molar-refractivity contribution >= 4 is 5.97 Å². The van der Waals surface area contributed by atoms with E-state index in [0.717, 1.165) is 0 Å². The van der Waals surface area contributed by atoms with Crippen LogP contribution in [0.3, 0.4) is 0 Å². The Kier molecular flexibility index (Phi) is 5.11. The predicted molar refractivity (Wildman–Crippen MR) is 40.7 cm³/mol. The first-order valence-electron chi connectivity index (χ1n) is 4.99. The summed E-state index contributed by atoms with van der Waals surface area (Å²) in [5.41, 5.74) is -25.5. The molecule has 25 heavy (non-hydrogen) atoms. The summed E-state index contributed by atoms with van der Waals surface area (Å²) in [6, 6.07) is 0. The minimum atomic E-state index is -8.75. The number of alkyl halides is 15. The Bertz CT molecular complexity index is 510. The van der Waals surface area contributed by atoms with Crippen molar-refractivity contribution in [3.63, 3.8) is 0 Å². The first-order chi connectivity index (χ1) is 10.4. The summed E-state index contributed by atoms with van der Waals surface area (Å²) < 4.78 is 188. The van der Waals surface area contributed by atoms with Crippen molar-refractivity contribution in [2.24, 2.45) is 0 Å². The molecule has 0 aliphatic rings. The minimum absolute atomic E-state index is 5.07. The Balaban J connectivity index is 7.54. The maximum Gasteiger partial charge on any atom is 0.435 e. The molecule has 0 N–H and O–H groups in total. The van der Waals surface area contributed by atoms with Crippen LogP contribution in [0.25, 0.3) is 0 Å². The van der Waals surface area contributed by atoms with Gasteiger partial charge in [0.15, 0.2) is 0 Å². The van der Waals surface area contributed by atoms with Crippen molar-refractivity contribution in [2.45, 2.75) is 41.7 Å². The summed E-state index contributed by atoms with van der Waals surface area (Å²) in [6.07, 6.45) is -32.7. The quantitative estimate of drug-likeness (QED) is 0.668. The zero-order valence-corrected chi connectivity index (χ0v) is 10.5. The van der Waals surface area contributed by atoms with Gasteiger partial charge in [-0.3, -0.25) is 0 Å². The summed E-state index contributed by atoms with van der Waals surface area (Å²) >= 11 is 0. The molecule has 150 valence electrons. The van der Waals surface area contributed by atoms with Crippen LogP contribution in [0.15, 0.2) is 0 Å². The third-order valence-electron chi connectivity index (χ3n) is 2.79. The molecule has 0 saturated carbocycles. The number of carbonyl (C=O) groups is 1. The zero-order valence-electron chi connectivity index (χ0n) is 10.5. The molecule has 0 radical (unpaired) electrons. The molecule has 0 aliphatic heterocycles. The van der Waals surface area contributed by atoms with Gasteiger partial charge in [0.1, 0.15) is 0 Å². The number of carboxylic acids is 1. The van der Waals surface area contributed by atoms with Gasteiger partial charge < -0.3 is 9.90 Å². The number of carboxylic acid groups (broad SMARTS) is 1. The monoisotopic (exact) mass is 413 g/mol. The minimum Gasteiger partial charge on any atom is -0.546 e. The number of aliphatic carboxylic acids is 1. The lowest BCUT2D eigenvalue weighted by molar-refractivity contribution is -0.458. The van der Waals surface area contributed by atoms with E-state index >= 15 is 0 Å². The number of rotatable bonds is 3. The average molecular weight is 413 g/mol. The second kappa shape index (κ2) is 5.46. The van der Waals surface area contributed by atoms with Crippen LogP contribution >= 0.6 is 0 Å². The molecular formula is C8F15O2-. The maximum absolute atomic E-state index is 13.7. The van der Waals surface area contributed by atoms with Crippen LogP contribution in [-0.4, -0.2) is 47.7 Å². The third-order valence-corrected chi connectivity index (χ3v) is 2.79. The molecule has 0 aliphatic carbocycles. The number of hydrogen-bond donors (Lipinski definition) is 0. The third kappa shape index (κ3) is 2.74. The summed E-state index contributed by atoms with van der Waals surface area (Å²) in [4.78, 5) is 10.0. The highest BCUT2D eigenvalue weighted by Gasteiger charge is 2.98. The first kappa shape index (κ1) is 23.4. The summed E-state index contributed by atoms with van der Waals surface area (Å²) in [5, 5.41) is 10.0. The summed E-state index contributed by atoms with van der Waals surface area (Å²) in [6.45, 7) is 0. The summed E-state index contributed by atoms with van der Waals surface area (Å²) in [7, 11) is 0. The molecule has 0 fully saturated rings. The van der Waals surface area contributed by atoms with Crippen molar-refractivity contribution in [3.8, 4) is 0 Å². The van der Waals surface area contributed by atoms with E-state index in [9.17, 15) is 75.8 Å². The average Bonchev–Trinajstić information content (AvgIpc) is 2.29. The second-order valence-corrected chi connectivity index (χ2v) is 4.25. The fourth-order valence-electron chi connectivity index (χ4n) is 1.63. The fourth-order valence-corrected chi connectivity index (χ4v) is 1.63. The Morgan fingerprint density at radius 3 is 0.840 bits per heavy atom. The van der Waals surface area contributed by atoms with Crippen LogP contribution < -0.4 is 5.11 Å². The molecule has 2 atom stereocenters. The lowest BCUT2D eigenvalue weighted by Gasteiger charge is -2.48. The molecule has 0 aromatic carbocycles. The van der Waals surface area contributed by atoms with Crippen molar-refractivity contribution < 1.29 is 75.8 Å². The van der Waals surface area contributed by atoms with Gasteiger partial charge in [0, 0.05) is 0 Å². The molecule has 0 heterocycles. The highest BCUT2D eigenvalue weighted by Crippen LogP contribution is 2.65. The van der Waals surface area contributed by atoms with Gasteiger partial charge in [-0.15, -0.1) is 0 Å². The molecular weight excluding hydrogens is 413 g/mol. The normalized spacial score (nSPS) is 20.0. The first-order valence-corrected chi connectivity index (χ1v) is 4.99. The Morgan fingerprint density at radius 2 is 0.720 bits per heavy atom. The van der Waals surface area contributed by atoms with E-state index in [0.29, 0.717) is 0 Å². The predicted octanol–water partition coefficient (Wildman–Crippen LogP) is 3.11. The van der Waals surface area contributed by atoms with Gasteiger partial charge >= 0.3 is 36.0 Å². The largest absolute Gasteiger partial charge is 0.546 e. The molecule has 2 nitrogen and oxygen atoms in total. The van der Waals surface area contributed by atoms with E-state index in [-0.39, 0.29) is 0 Å². The second-order valence-electron chi connectivity index (χ2n) is 4.25. The molecule has 0 aromatic heterocycles. The van der Waals surface area contributed by atoms with E-state index in [2.05, 4.69) is 0 Å². The number of carbonyl (C=O) groups excluding carboxylic acids is 1. The van der Waals surface area contributed by atoms with E-state index in [4.69, 9.17) is 0 Å². The SMILES string of the molecule is O=C([O-])C(F)(C(F)(F)F)C(F)(C(F)(F)F)C(F)(C(F)(F)F)C(F)(F)F. The van der Waals surface area contributed by atoms with E-state index in [1.807, 2.05) is 0 Å². The Hall–Kier alpha value is -1.58. The summed E-state index contributed by atoms with van der Waals surface area (Å²) in [5.74, 6) is -5.07. The highest BCUT2D eigenvalue weighted by molar-refractivity contribution is 5.79. The van der Waals surface area contributed by atoms with Crippen LogP contribution in [-0.2, 0) is 4.79 Å². The fraction of sp³-hybridized carbons (Fsp3) is 0.875. The molecule has 0 saturated heterocycles. The lowest BCUT2D eigenvalue weighted by Crippen LogP contribution is -2.83. The lowest BCUT2D eigenvalue weighted by atomic mass is 9.71. The molecule has 0 aromatic rings. The van der Waals surface area contributed by atoms with Crippen molar-refractivity contribution in [1.82, 2.24) is 0 Å². The van der Waals surface area contributed by atoms with Crippen LogP contribution in [0, 0.1) is 0 Å². The van der Waals surface area contributed by atoms with Gasteiger partial charge in [0.2, 0.25) is 0 Å². The van der Waals surface area contributed by atoms with E-state index in [1.165, 1.54) is 0 Å². The highest BCUT2D eigenvalue weighted by atomic mass is 19.4.